The van der Waals surface area contributed by atoms with E-state index in [9.17, 15) is 4.79 Å². The van der Waals surface area contributed by atoms with Gasteiger partial charge in [0.15, 0.2) is 5.89 Å². The first-order valence-electron chi connectivity index (χ1n) is 10.5. The van der Waals surface area contributed by atoms with Gasteiger partial charge in [0.05, 0.1) is 0 Å². The SMILES string of the molecule is Cc1oc(Cc2cccc(Cl)c2)nc1-c1ccc(/C=C/C(=O)NC2CN[C@H](C)C2)cc1. The van der Waals surface area contributed by atoms with E-state index in [2.05, 4.69) is 22.5 Å². The summed E-state index contributed by atoms with van der Waals surface area (Å²) in [5.41, 5.74) is 3.82. The average Bonchev–Trinajstić information content (AvgIpc) is 3.31. The van der Waals surface area contributed by atoms with Crippen LogP contribution >= 0.6 is 11.6 Å². The van der Waals surface area contributed by atoms with Crippen molar-refractivity contribution in [1.82, 2.24) is 15.6 Å². The zero-order valence-corrected chi connectivity index (χ0v) is 18.4. The molecule has 0 spiro atoms. The number of oxazole rings is 1. The van der Waals surface area contributed by atoms with Crippen LogP contribution in [0.3, 0.4) is 0 Å². The van der Waals surface area contributed by atoms with Gasteiger partial charge in [-0.25, -0.2) is 4.98 Å². The molecule has 2 N–H and O–H groups in total. The van der Waals surface area contributed by atoms with Crippen LogP contribution in [0.4, 0.5) is 0 Å². The number of carbonyl (C=O) groups excluding carboxylic acids is 1. The summed E-state index contributed by atoms with van der Waals surface area (Å²) < 4.78 is 5.87. The second-order valence-electron chi connectivity index (χ2n) is 8.02. The van der Waals surface area contributed by atoms with E-state index in [0.717, 1.165) is 41.1 Å². The van der Waals surface area contributed by atoms with Gasteiger partial charge in [-0.3, -0.25) is 4.79 Å². The number of aromatic nitrogens is 1. The number of hydrogen-bond acceptors (Lipinski definition) is 4. The van der Waals surface area contributed by atoms with E-state index in [1.807, 2.05) is 61.5 Å². The molecule has 0 aliphatic carbocycles. The van der Waals surface area contributed by atoms with E-state index in [1.54, 1.807) is 6.08 Å². The summed E-state index contributed by atoms with van der Waals surface area (Å²) in [7, 11) is 0. The standard InChI is InChI=1S/C25H26ClN3O2/c1-16-12-22(15-27-16)28-23(30)11-8-18-6-9-20(10-7-18)25-17(2)31-24(29-25)14-19-4-3-5-21(26)13-19/h3-11,13,16,22,27H,12,14-15H2,1-2H3,(H,28,30)/b11-8+/t16-,22?/m1/s1. The van der Waals surface area contributed by atoms with Gasteiger partial charge >= 0.3 is 0 Å². The van der Waals surface area contributed by atoms with E-state index in [0.29, 0.717) is 23.4 Å². The van der Waals surface area contributed by atoms with E-state index in [1.165, 1.54) is 0 Å². The summed E-state index contributed by atoms with van der Waals surface area (Å²) in [4.78, 5) is 16.8. The quantitative estimate of drug-likeness (QED) is 0.547. The lowest BCUT2D eigenvalue weighted by atomic mass is 10.1. The van der Waals surface area contributed by atoms with Crippen LogP contribution in [-0.4, -0.2) is 29.5 Å². The second kappa shape index (κ2) is 9.50. The summed E-state index contributed by atoms with van der Waals surface area (Å²) in [6.07, 6.45) is 4.96. The highest BCUT2D eigenvalue weighted by Gasteiger charge is 2.21. The first-order valence-corrected chi connectivity index (χ1v) is 10.9. The minimum absolute atomic E-state index is 0.0667. The number of aryl methyl sites for hydroxylation is 1. The molecule has 1 unspecified atom stereocenters. The van der Waals surface area contributed by atoms with Crippen molar-refractivity contribution in [1.29, 1.82) is 0 Å². The molecule has 1 aliphatic heterocycles. The summed E-state index contributed by atoms with van der Waals surface area (Å²) in [5.74, 6) is 1.37. The topological polar surface area (TPSA) is 67.2 Å². The van der Waals surface area contributed by atoms with Crippen LogP contribution in [0.5, 0.6) is 0 Å². The molecule has 0 radical (unpaired) electrons. The van der Waals surface area contributed by atoms with Gasteiger partial charge in [0.1, 0.15) is 11.5 Å². The molecule has 5 nitrogen and oxygen atoms in total. The lowest BCUT2D eigenvalue weighted by Gasteiger charge is -2.08. The lowest BCUT2D eigenvalue weighted by molar-refractivity contribution is -0.117. The number of rotatable bonds is 6. The fourth-order valence-corrected chi connectivity index (χ4v) is 4.05. The largest absolute Gasteiger partial charge is 0.445 e. The van der Waals surface area contributed by atoms with Crippen LogP contribution in [0.1, 0.15) is 36.1 Å². The highest BCUT2D eigenvalue weighted by Crippen LogP contribution is 2.25. The van der Waals surface area contributed by atoms with E-state index in [4.69, 9.17) is 16.0 Å². The van der Waals surface area contributed by atoms with Crippen molar-refractivity contribution < 1.29 is 9.21 Å². The highest BCUT2D eigenvalue weighted by atomic mass is 35.5. The van der Waals surface area contributed by atoms with Gasteiger partial charge in [-0.15, -0.1) is 0 Å². The third-order valence-electron chi connectivity index (χ3n) is 5.39. The second-order valence-corrected chi connectivity index (χ2v) is 8.46. The lowest BCUT2D eigenvalue weighted by Crippen LogP contribution is -2.34. The van der Waals surface area contributed by atoms with Crippen LogP contribution in [0.2, 0.25) is 5.02 Å². The van der Waals surface area contributed by atoms with Crippen LogP contribution in [0.25, 0.3) is 17.3 Å². The summed E-state index contributed by atoms with van der Waals surface area (Å²) in [6.45, 7) is 4.87. The van der Waals surface area contributed by atoms with Gasteiger partial charge in [0.2, 0.25) is 5.91 Å². The van der Waals surface area contributed by atoms with Gasteiger partial charge in [-0.1, -0.05) is 48.0 Å². The normalized spacial score (nSPS) is 18.5. The Hall–Kier alpha value is -2.89. The first kappa shape index (κ1) is 21.3. The molecular weight excluding hydrogens is 410 g/mol. The predicted molar refractivity (Wildman–Crippen MR) is 124 cm³/mol. The number of carbonyl (C=O) groups is 1. The van der Waals surface area contributed by atoms with Gasteiger partial charge in [0, 0.05) is 41.7 Å². The Morgan fingerprint density at radius 1 is 1.29 bits per heavy atom. The van der Waals surface area contributed by atoms with E-state index >= 15 is 0 Å². The molecule has 2 aromatic carbocycles. The third kappa shape index (κ3) is 5.63. The zero-order valence-electron chi connectivity index (χ0n) is 17.7. The Balaban J connectivity index is 1.40. The average molecular weight is 436 g/mol. The third-order valence-corrected chi connectivity index (χ3v) is 5.63. The maximum absolute atomic E-state index is 12.1. The molecular formula is C25H26ClN3O2. The Labute approximate surface area is 187 Å². The molecule has 1 aromatic heterocycles. The number of benzene rings is 2. The number of halogens is 1. The minimum atomic E-state index is -0.0667. The van der Waals surface area contributed by atoms with Gasteiger partial charge in [0.25, 0.3) is 0 Å². The van der Waals surface area contributed by atoms with Crippen molar-refractivity contribution in [2.75, 3.05) is 6.54 Å². The number of nitrogens with one attached hydrogen (secondary N) is 2. The molecule has 1 aliphatic rings. The number of hydrogen-bond donors (Lipinski definition) is 2. The van der Waals surface area contributed by atoms with Crippen LogP contribution in [0.15, 0.2) is 59.0 Å². The molecule has 3 aromatic rings. The molecule has 1 amide bonds. The first-order chi connectivity index (χ1) is 15.0. The van der Waals surface area contributed by atoms with Crippen molar-refractivity contribution in [2.24, 2.45) is 0 Å². The molecule has 160 valence electrons. The molecule has 2 heterocycles. The summed E-state index contributed by atoms with van der Waals surface area (Å²) >= 11 is 6.07. The number of amides is 1. The van der Waals surface area contributed by atoms with Crippen molar-refractivity contribution in [2.45, 2.75) is 38.8 Å². The fraction of sp³-hybridized carbons (Fsp3) is 0.280. The van der Waals surface area contributed by atoms with Crippen molar-refractivity contribution in [3.05, 3.63) is 82.4 Å². The maximum Gasteiger partial charge on any atom is 0.244 e. The van der Waals surface area contributed by atoms with E-state index < -0.39 is 0 Å². The van der Waals surface area contributed by atoms with Gasteiger partial charge in [-0.2, -0.15) is 0 Å². The minimum Gasteiger partial charge on any atom is -0.445 e. The summed E-state index contributed by atoms with van der Waals surface area (Å²) in [6, 6.07) is 16.3. The molecule has 4 rings (SSSR count). The van der Waals surface area contributed by atoms with Crippen molar-refractivity contribution in [3.63, 3.8) is 0 Å². The number of nitrogens with zero attached hydrogens (tertiary/aromatic N) is 1. The van der Waals surface area contributed by atoms with Crippen LogP contribution in [0, 0.1) is 6.92 Å². The highest BCUT2D eigenvalue weighted by molar-refractivity contribution is 6.30. The zero-order chi connectivity index (χ0) is 21.8. The molecule has 1 saturated heterocycles. The molecule has 0 saturated carbocycles. The van der Waals surface area contributed by atoms with Gasteiger partial charge in [-0.05, 0) is 49.6 Å². The smallest absolute Gasteiger partial charge is 0.244 e. The van der Waals surface area contributed by atoms with Crippen molar-refractivity contribution in [3.8, 4) is 11.3 Å². The van der Waals surface area contributed by atoms with Crippen molar-refractivity contribution >= 4 is 23.6 Å². The molecule has 2 atom stereocenters. The Bertz CT molecular complexity index is 1090. The molecule has 31 heavy (non-hydrogen) atoms. The Morgan fingerprint density at radius 2 is 2.10 bits per heavy atom. The van der Waals surface area contributed by atoms with Crippen LogP contribution in [-0.2, 0) is 11.2 Å². The molecule has 6 heteroatoms. The summed E-state index contributed by atoms with van der Waals surface area (Å²) in [5, 5.41) is 7.07. The van der Waals surface area contributed by atoms with Gasteiger partial charge < -0.3 is 15.1 Å². The van der Waals surface area contributed by atoms with E-state index in [-0.39, 0.29) is 11.9 Å². The fourth-order valence-electron chi connectivity index (χ4n) is 3.84. The monoisotopic (exact) mass is 435 g/mol. The molecule has 1 fully saturated rings. The maximum atomic E-state index is 12.1. The van der Waals surface area contributed by atoms with Crippen LogP contribution < -0.4 is 10.6 Å². The Morgan fingerprint density at radius 3 is 2.81 bits per heavy atom. The molecule has 0 bridgehead atoms. The Kier molecular flexibility index (Phi) is 6.54. The predicted octanol–water partition coefficient (Wildman–Crippen LogP) is 4.77.